The van der Waals surface area contributed by atoms with Gasteiger partial charge in [-0.3, -0.25) is 5.32 Å². The third-order valence-electron chi connectivity index (χ3n) is 0.679. The van der Waals surface area contributed by atoms with Crippen molar-refractivity contribution in [2.24, 2.45) is 5.73 Å². The molecule has 5 nitrogen and oxygen atoms in total. The number of rotatable bonds is 1. The molecular weight excluding hydrogens is 122 g/mol. The van der Waals surface area contributed by atoms with Gasteiger partial charge in [-0.15, -0.1) is 0 Å². The van der Waals surface area contributed by atoms with Gasteiger partial charge in [-0.05, 0) is 0 Å². The summed E-state index contributed by atoms with van der Waals surface area (Å²) >= 11 is 0. The fraction of sp³-hybridized carbons (Fsp3) is 0. The minimum atomic E-state index is -0.660. The van der Waals surface area contributed by atoms with Gasteiger partial charge in [0.25, 0.3) is 0 Å². The van der Waals surface area contributed by atoms with Gasteiger partial charge in [0.1, 0.15) is 0 Å². The molecule has 2 amide bonds. The first-order chi connectivity index (χ1) is 4.29. The summed E-state index contributed by atoms with van der Waals surface area (Å²) in [5, 5.41) is 2.19. The third-order valence-corrected chi connectivity index (χ3v) is 0.679. The summed E-state index contributed by atoms with van der Waals surface area (Å²) in [4.78, 5) is 13.6. The van der Waals surface area contributed by atoms with Crippen LogP contribution in [0.25, 0.3) is 0 Å². The molecule has 0 saturated heterocycles. The number of carbonyl (C=O) groups is 1. The summed E-state index contributed by atoms with van der Waals surface area (Å²) in [6, 6.07) is -0.660. The number of nitrogens with zero attached hydrogens (tertiary/aromatic N) is 1. The predicted octanol–water partition coefficient (Wildman–Crippen LogP) is 0.165. The summed E-state index contributed by atoms with van der Waals surface area (Å²) in [6.07, 6.45) is 2.55. The van der Waals surface area contributed by atoms with Crippen LogP contribution in [-0.2, 0) is 0 Å². The SMILES string of the molecule is NC(=O)Nc1cnco1. The van der Waals surface area contributed by atoms with Crippen LogP contribution in [0.5, 0.6) is 0 Å². The lowest BCUT2D eigenvalue weighted by Gasteiger charge is -1.90. The monoisotopic (exact) mass is 127 g/mol. The molecule has 48 valence electrons. The number of amides is 2. The number of hydrogen-bond acceptors (Lipinski definition) is 3. The van der Waals surface area contributed by atoms with Gasteiger partial charge in [0.15, 0.2) is 6.39 Å². The molecule has 0 unspecified atom stereocenters. The Morgan fingerprint density at radius 2 is 2.67 bits per heavy atom. The minimum absolute atomic E-state index is 0.252. The molecule has 0 aromatic carbocycles. The maximum atomic E-state index is 10.1. The Hall–Kier alpha value is -1.52. The number of oxazole rings is 1. The smallest absolute Gasteiger partial charge is 0.319 e. The van der Waals surface area contributed by atoms with Crippen LogP contribution >= 0.6 is 0 Å². The van der Waals surface area contributed by atoms with E-state index in [1.807, 2.05) is 0 Å². The lowest BCUT2D eigenvalue weighted by atomic mass is 10.8. The van der Waals surface area contributed by atoms with E-state index in [9.17, 15) is 4.79 Å². The molecule has 0 saturated carbocycles. The van der Waals surface area contributed by atoms with E-state index >= 15 is 0 Å². The first-order valence-electron chi connectivity index (χ1n) is 2.24. The number of anilines is 1. The highest BCUT2D eigenvalue weighted by atomic mass is 16.4. The number of nitrogens with two attached hydrogens (primary N) is 1. The first kappa shape index (κ1) is 5.61. The van der Waals surface area contributed by atoms with E-state index in [4.69, 9.17) is 5.73 Å². The molecule has 0 bridgehead atoms. The standard InChI is InChI=1S/C4H5N3O2/c5-4(8)7-3-1-6-2-9-3/h1-2H,(H3,5,7,8). The molecule has 0 radical (unpaired) electrons. The van der Waals surface area contributed by atoms with E-state index in [1.165, 1.54) is 12.6 Å². The molecule has 5 heteroatoms. The van der Waals surface area contributed by atoms with Crippen LogP contribution in [0.2, 0.25) is 0 Å². The van der Waals surface area contributed by atoms with Gasteiger partial charge in [0.2, 0.25) is 5.88 Å². The summed E-state index contributed by atoms with van der Waals surface area (Å²) in [6.45, 7) is 0. The highest BCUT2D eigenvalue weighted by molar-refractivity contribution is 5.85. The van der Waals surface area contributed by atoms with Gasteiger partial charge >= 0.3 is 6.03 Å². The van der Waals surface area contributed by atoms with Crippen molar-refractivity contribution in [1.82, 2.24) is 4.98 Å². The molecular formula is C4H5N3O2. The largest absolute Gasteiger partial charge is 0.428 e. The van der Waals surface area contributed by atoms with E-state index in [0.717, 1.165) is 0 Å². The third kappa shape index (κ3) is 1.45. The Morgan fingerprint density at radius 3 is 3.11 bits per heavy atom. The van der Waals surface area contributed by atoms with E-state index in [1.54, 1.807) is 0 Å². The molecule has 0 spiro atoms. The molecule has 0 aliphatic rings. The second kappa shape index (κ2) is 2.17. The zero-order valence-electron chi connectivity index (χ0n) is 4.50. The number of carbonyl (C=O) groups excluding carboxylic acids is 1. The molecule has 1 heterocycles. The van der Waals surface area contributed by atoms with Crippen molar-refractivity contribution in [1.29, 1.82) is 0 Å². The van der Waals surface area contributed by atoms with Crippen LogP contribution in [0.3, 0.4) is 0 Å². The van der Waals surface area contributed by atoms with Crippen LogP contribution < -0.4 is 11.1 Å². The molecule has 1 aromatic rings. The quantitative estimate of drug-likeness (QED) is 0.564. The molecule has 9 heavy (non-hydrogen) atoms. The van der Waals surface area contributed by atoms with Gasteiger partial charge in [-0.1, -0.05) is 0 Å². The number of urea groups is 1. The zero-order chi connectivity index (χ0) is 6.69. The maximum Gasteiger partial charge on any atom is 0.319 e. The van der Waals surface area contributed by atoms with Gasteiger partial charge in [-0.2, -0.15) is 0 Å². The Balaban J connectivity index is 2.58. The summed E-state index contributed by atoms with van der Waals surface area (Å²) in [7, 11) is 0. The van der Waals surface area contributed by atoms with Crippen LogP contribution in [0.1, 0.15) is 0 Å². The van der Waals surface area contributed by atoms with Crippen molar-refractivity contribution in [3.8, 4) is 0 Å². The molecule has 0 aliphatic heterocycles. The van der Waals surface area contributed by atoms with E-state index in [0.29, 0.717) is 0 Å². The molecule has 1 aromatic heterocycles. The number of aromatic nitrogens is 1. The highest BCUT2D eigenvalue weighted by Gasteiger charge is 1.95. The van der Waals surface area contributed by atoms with Gasteiger partial charge in [-0.25, -0.2) is 9.78 Å². The zero-order valence-corrected chi connectivity index (χ0v) is 4.50. The van der Waals surface area contributed by atoms with Crippen molar-refractivity contribution < 1.29 is 9.21 Å². The van der Waals surface area contributed by atoms with Crippen molar-refractivity contribution in [2.75, 3.05) is 5.32 Å². The Morgan fingerprint density at radius 1 is 1.89 bits per heavy atom. The molecule has 0 atom stereocenters. The molecule has 1 rings (SSSR count). The second-order valence-electron chi connectivity index (χ2n) is 1.35. The van der Waals surface area contributed by atoms with Crippen LogP contribution in [0, 0.1) is 0 Å². The van der Waals surface area contributed by atoms with Crippen LogP contribution in [-0.4, -0.2) is 11.0 Å². The second-order valence-corrected chi connectivity index (χ2v) is 1.35. The average Bonchev–Trinajstić information content (AvgIpc) is 2.15. The van der Waals surface area contributed by atoms with Crippen molar-refractivity contribution in [3.63, 3.8) is 0 Å². The van der Waals surface area contributed by atoms with Crippen LogP contribution in [0.15, 0.2) is 17.0 Å². The molecule has 0 fully saturated rings. The van der Waals surface area contributed by atoms with Gasteiger partial charge < -0.3 is 10.2 Å². The summed E-state index contributed by atoms with van der Waals surface area (Å²) in [5.41, 5.74) is 4.75. The lowest BCUT2D eigenvalue weighted by Crippen LogP contribution is -2.18. The maximum absolute atomic E-state index is 10.1. The minimum Gasteiger partial charge on any atom is -0.428 e. The summed E-state index contributed by atoms with van der Waals surface area (Å²) < 4.78 is 4.62. The number of nitrogens with one attached hydrogen (secondary N) is 1. The highest BCUT2D eigenvalue weighted by Crippen LogP contribution is 2.01. The Labute approximate surface area is 50.9 Å². The first-order valence-corrected chi connectivity index (χ1v) is 2.24. The number of hydrogen-bond donors (Lipinski definition) is 2. The van der Waals surface area contributed by atoms with E-state index in [2.05, 4.69) is 14.7 Å². The molecule has 0 aliphatic carbocycles. The lowest BCUT2D eigenvalue weighted by molar-refractivity contribution is 0.259. The Bertz CT molecular complexity index is 194. The normalized spacial score (nSPS) is 8.89. The average molecular weight is 127 g/mol. The van der Waals surface area contributed by atoms with Gasteiger partial charge in [0.05, 0.1) is 6.20 Å². The van der Waals surface area contributed by atoms with Crippen molar-refractivity contribution in [3.05, 3.63) is 12.6 Å². The van der Waals surface area contributed by atoms with Gasteiger partial charge in [0, 0.05) is 0 Å². The molecule has 3 N–H and O–H groups in total. The fourth-order valence-corrected chi connectivity index (χ4v) is 0.399. The fourth-order valence-electron chi connectivity index (χ4n) is 0.399. The number of primary amides is 1. The van der Waals surface area contributed by atoms with Crippen molar-refractivity contribution in [2.45, 2.75) is 0 Å². The predicted molar refractivity (Wildman–Crippen MR) is 29.7 cm³/mol. The topological polar surface area (TPSA) is 81.2 Å². The van der Waals surface area contributed by atoms with Crippen molar-refractivity contribution >= 4 is 11.9 Å². The van der Waals surface area contributed by atoms with Crippen LogP contribution in [0.4, 0.5) is 10.7 Å². The summed E-state index contributed by atoms with van der Waals surface area (Å²) in [5.74, 6) is 0.252. The van der Waals surface area contributed by atoms with E-state index < -0.39 is 6.03 Å². The Kier molecular flexibility index (Phi) is 1.35. The van der Waals surface area contributed by atoms with E-state index in [-0.39, 0.29) is 5.88 Å².